The fourth-order valence-corrected chi connectivity index (χ4v) is 3.68. The van der Waals surface area contributed by atoms with E-state index in [1.807, 2.05) is 0 Å². The summed E-state index contributed by atoms with van der Waals surface area (Å²) in [6.45, 7) is 11.0. The molecule has 7 heteroatoms. The van der Waals surface area contributed by atoms with Crippen LogP contribution in [0.15, 0.2) is 22.7 Å². The van der Waals surface area contributed by atoms with E-state index >= 15 is 0 Å². The Labute approximate surface area is 160 Å². The third kappa shape index (κ3) is 4.91. The molecule has 0 aliphatic carbocycles. The van der Waals surface area contributed by atoms with E-state index in [0.29, 0.717) is 29.3 Å². The molecule has 1 aliphatic heterocycles. The van der Waals surface area contributed by atoms with Crippen LogP contribution >= 0.6 is 0 Å². The van der Waals surface area contributed by atoms with Gasteiger partial charge in [0, 0.05) is 43.7 Å². The van der Waals surface area contributed by atoms with Gasteiger partial charge in [-0.3, -0.25) is 4.90 Å². The lowest BCUT2D eigenvalue weighted by molar-refractivity contribution is 0.00918. The van der Waals surface area contributed by atoms with Crippen molar-refractivity contribution in [2.45, 2.75) is 39.2 Å². The number of aromatic nitrogens is 2. The quantitative estimate of drug-likeness (QED) is 0.801. The molecule has 6 nitrogen and oxygen atoms in total. The maximum atomic E-state index is 13.7. The monoisotopic (exact) mass is 376 g/mol. The number of piperazine rings is 1. The van der Waals surface area contributed by atoms with Gasteiger partial charge < -0.3 is 14.5 Å². The first-order chi connectivity index (χ1) is 12.9. The minimum atomic E-state index is -0.262. The minimum absolute atomic E-state index is 0.0636. The van der Waals surface area contributed by atoms with Crippen LogP contribution in [0.3, 0.4) is 0 Å². The van der Waals surface area contributed by atoms with Crippen molar-refractivity contribution in [1.29, 1.82) is 0 Å². The first-order valence-electron chi connectivity index (χ1n) is 9.56. The van der Waals surface area contributed by atoms with Crippen LogP contribution in [0.1, 0.15) is 31.7 Å². The van der Waals surface area contributed by atoms with Gasteiger partial charge in [0.25, 0.3) is 0 Å². The van der Waals surface area contributed by atoms with Gasteiger partial charge in [0.05, 0.1) is 6.61 Å². The van der Waals surface area contributed by atoms with E-state index in [0.717, 1.165) is 39.1 Å². The van der Waals surface area contributed by atoms with Crippen LogP contribution in [0.25, 0.3) is 11.4 Å². The van der Waals surface area contributed by atoms with Crippen LogP contribution in [-0.4, -0.2) is 69.9 Å². The molecule has 2 aromatic rings. The summed E-state index contributed by atoms with van der Waals surface area (Å²) in [6, 6.07) is 4.97. The zero-order valence-electron chi connectivity index (χ0n) is 16.4. The second-order valence-corrected chi connectivity index (χ2v) is 7.88. The van der Waals surface area contributed by atoms with Gasteiger partial charge in [-0.1, -0.05) is 17.3 Å². The Hall–Kier alpha value is -1.83. The van der Waals surface area contributed by atoms with E-state index in [4.69, 9.17) is 4.52 Å². The molecule has 1 saturated heterocycles. The molecule has 0 radical (unpaired) electrons. The number of aliphatic hydroxyl groups excluding tert-OH is 1. The Kier molecular flexibility index (Phi) is 6.24. The summed E-state index contributed by atoms with van der Waals surface area (Å²) in [5.74, 6) is 0.758. The number of rotatable bonds is 7. The Morgan fingerprint density at radius 2 is 2.07 bits per heavy atom. The molecule has 1 aliphatic rings. The third-order valence-corrected chi connectivity index (χ3v) is 5.29. The van der Waals surface area contributed by atoms with Crippen molar-refractivity contribution in [3.05, 3.63) is 35.5 Å². The molecule has 0 spiro atoms. The SMILES string of the molecule is Cc1ccc(-c2noc(CCCN3CCN(CCO)C(C)(C)C3)n2)cc1F. The number of hydrogen-bond acceptors (Lipinski definition) is 6. The second kappa shape index (κ2) is 8.46. The molecule has 148 valence electrons. The van der Waals surface area contributed by atoms with Crippen molar-refractivity contribution in [2.75, 3.05) is 39.3 Å². The number of β-amino-alcohol motifs (C(OH)–C–C–N with tert-alkyl or cyclic N) is 1. The van der Waals surface area contributed by atoms with E-state index < -0.39 is 0 Å². The molecule has 1 aromatic heterocycles. The van der Waals surface area contributed by atoms with Crippen molar-refractivity contribution < 1.29 is 14.0 Å². The molecular weight excluding hydrogens is 347 g/mol. The topological polar surface area (TPSA) is 65.6 Å². The fourth-order valence-electron chi connectivity index (χ4n) is 3.68. The summed E-state index contributed by atoms with van der Waals surface area (Å²) in [4.78, 5) is 9.19. The Morgan fingerprint density at radius 1 is 1.26 bits per heavy atom. The smallest absolute Gasteiger partial charge is 0.227 e. The lowest BCUT2D eigenvalue weighted by atomic mass is 9.98. The molecule has 0 atom stereocenters. The minimum Gasteiger partial charge on any atom is -0.395 e. The van der Waals surface area contributed by atoms with E-state index in [2.05, 4.69) is 33.8 Å². The molecular formula is C20H29FN4O2. The van der Waals surface area contributed by atoms with E-state index in [1.54, 1.807) is 19.1 Å². The highest BCUT2D eigenvalue weighted by Crippen LogP contribution is 2.22. The number of nitrogens with zero attached hydrogens (tertiary/aromatic N) is 4. The highest BCUT2D eigenvalue weighted by molar-refractivity contribution is 5.54. The fraction of sp³-hybridized carbons (Fsp3) is 0.600. The highest BCUT2D eigenvalue weighted by Gasteiger charge is 2.32. The van der Waals surface area contributed by atoms with E-state index in [-0.39, 0.29) is 18.0 Å². The average Bonchev–Trinajstić information content (AvgIpc) is 3.08. The largest absolute Gasteiger partial charge is 0.395 e. The standard InChI is InChI=1S/C20H29FN4O2/c1-15-6-7-16(13-17(15)21)19-22-18(27-23-19)5-4-8-24-9-10-25(11-12-26)20(2,3)14-24/h6-7,13,26H,4-5,8-12,14H2,1-3H3. The third-order valence-electron chi connectivity index (χ3n) is 5.29. The molecule has 0 amide bonds. The first kappa shape index (κ1) is 19.9. The highest BCUT2D eigenvalue weighted by atomic mass is 19.1. The predicted molar refractivity (Wildman–Crippen MR) is 102 cm³/mol. The Bertz CT molecular complexity index is 762. The van der Waals surface area contributed by atoms with Crippen LogP contribution in [-0.2, 0) is 6.42 Å². The maximum Gasteiger partial charge on any atom is 0.227 e. The van der Waals surface area contributed by atoms with Gasteiger partial charge in [0.1, 0.15) is 5.82 Å². The molecule has 1 aromatic carbocycles. The lowest BCUT2D eigenvalue weighted by Gasteiger charge is -2.47. The van der Waals surface area contributed by atoms with Crippen LogP contribution in [0.2, 0.25) is 0 Å². The molecule has 0 bridgehead atoms. The zero-order valence-corrected chi connectivity index (χ0v) is 16.4. The van der Waals surface area contributed by atoms with Gasteiger partial charge in [-0.2, -0.15) is 4.98 Å². The summed E-state index contributed by atoms with van der Waals surface area (Å²) in [7, 11) is 0. The van der Waals surface area contributed by atoms with Crippen LogP contribution < -0.4 is 0 Å². The maximum absolute atomic E-state index is 13.7. The van der Waals surface area contributed by atoms with E-state index in [9.17, 15) is 9.50 Å². The van der Waals surface area contributed by atoms with Crippen molar-refractivity contribution in [1.82, 2.24) is 19.9 Å². The summed E-state index contributed by atoms with van der Waals surface area (Å²) in [5, 5.41) is 13.2. The number of halogens is 1. The number of hydrogen-bond donors (Lipinski definition) is 1. The number of benzene rings is 1. The number of aliphatic hydroxyl groups is 1. The van der Waals surface area contributed by atoms with Gasteiger partial charge >= 0.3 is 0 Å². The Morgan fingerprint density at radius 3 is 2.78 bits per heavy atom. The molecule has 2 heterocycles. The molecule has 3 rings (SSSR count). The van der Waals surface area contributed by atoms with Crippen molar-refractivity contribution in [3.8, 4) is 11.4 Å². The first-order valence-corrected chi connectivity index (χ1v) is 9.56. The zero-order chi connectivity index (χ0) is 19.4. The van der Waals surface area contributed by atoms with E-state index in [1.165, 1.54) is 6.07 Å². The summed E-state index contributed by atoms with van der Waals surface area (Å²) in [6.07, 6.45) is 1.64. The summed E-state index contributed by atoms with van der Waals surface area (Å²) in [5.41, 5.74) is 1.30. The molecule has 0 saturated carbocycles. The van der Waals surface area contributed by atoms with Gasteiger partial charge in [0.15, 0.2) is 0 Å². The van der Waals surface area contributed by atoms with Crippen LogP contribution in [0.5, 0.6) is 0 Å². The molecule has 1 fully saturated rings. The lowest BCUT2D eigenvalue weighted by Crippen LogP contribution is -2.59. The molecule has 0 unspecified atom stereocenters. The van der Waals surface area contributed by atoms with Crippen molar-refractivity contribution >= 4 is 0 Å². The number of aryl methyl sites for hydroxylation is 2. The molecule has 27 heavy (non-hydrogen) atoms. The van der Waals surface area contributed by atoms with Crippen molar-refractivity contribution in [3.63, 3.8) is 0 Å². The van der Waals surface area contributed by atoms with Gasteiger partial charge in [0.2, 0.25) is 11.7 Å². The van der Waals surface area contributed by atoms with Gasteiger partial charge in [-0.25, -0.2) is 4.39 Å². The van der Waals surface area contributed by atoms with Crippen molar-refractivity contribution in [2.24, 2.45) is 0 Å². The van der Waals surface area contributed by atoms with Gasteiger partial charge in [-0.15, -0.1) is 0 Å². The average molecular weight is 376 g/mol. The summed E-state index contributed by atoms with van der Waals surface area (Å²) < 4.78 is 19.0. The Balaban J connectivity index is 1.50. The van der Waals surface area contributed by atoms with Crippen LogP contribution in [0, 0.1) is 12.7 Å². The predicted octanol–water partition coefficient (Wildman–Crippen LogP) is 2.51. The normalized spacial score (nSPS) is 18.1. The van der Waals surface area contributed by atoms with Crippen LogP contribution in [0.4, 0.5) is 4.39 Å². The molecule has 1 N–H and O–H groups in total. The second-order valence-electron chi connectivity index (χ2n) is 7.88. The van der Waals surface area contributed by atoms with Gasteiger partial charge in [-0.05, 0) is 45.4 Å². The summed E-state index contributed by atoms with van der Waals surface area (Å²) >= 11 is 0.